The van der Waals surface area contributed by atoms with E-state index in [4.69, 9.17) is 34.8 Å². The molecule has 0 fully saturated rings. The molecule has 88 valence electrons. The summed E-state index contributed by atoms with van der Waals surface area (Å²) in [4.78, 5) is 3.39. The number of hydrogen-bond acceptors (Lipinski definition) is 1. The molecule has 1 heterocycles. The fourth-order valence-corrected chi connectivity index (χ4v) is 2.02. The highest BCUT2D eigenvalue weighted by Gasteiger charge is 2.17. The van der Waals surface area contributed by atoms with Gasteiger partial charge in [-0.05, 0) is 6.07 Å². The third kappa shape index (κ3) is 2.23. The van der Waals surface area contributed by atoms with Gasteiger partial charge in [0.1, 0.15) is 0 Å². The van der Waals surface area contributed by atoms with Crippen LogP contribution in [-0.2, 0) is 0 Å². The van der Waals surface area contributed by atoms with Crippen LogP contribution in [-0.4, -0.2) is 4.98 Å². The molecule has 2 aromatic rings. The Morgan fingerprint density at radius 3 is 2.06 bits per heavy atom. The van der Waals surface area contributed by atoms with E-state index < -0.39 is 11.6 Å². The maximum Gasteiger partial charge on any atom is 0.152 e. The van der Waals surface area contributed by atoms with E-state index in [9.17, 15) is 8.78 Å². The summed E-state index contributed by atoms with van der Waals surface area (Å²) in [5.74, 6) is -1.63. The van der Waals surface area contributed by atoms with Crippen LogP contribution in [0.4, 0.5) is 8.78 Å². The van der Waals surface area contributed by atoms with Crippen molar-refractivity contribution < 1.29 is 8.78 Å². The van der Waals surface area contributed by atoms with E-state index in [-0.39, 0.29) is 26.2 Å². The molecule has 6 heteroatoms. The zero-order chi connectivity index (χ0) is 12.6. The van der Waals surface area contributed by atoms with Crippen molar-refractivity contribution in [3.8, 4) is 11.1 Å². The second kappa shape index (κ2) is 4.77. The first-order chi connectivity index (χ1) is 8.02. The summed E-state index contributed by atoms with van der Waals surface area (Å²) < 4.78 is 27.0. The quantitative estimate of drug-likeness (QED) is 0.675. The van der Waals surface area contributed by atoms with Gasteiger partial charge in [0.05, 0.1) is 33.0 Å². The lowest BCUT2D eigenvalue weighted by Gasteiger charge is -2.08. The summed E-state index contributed by atoms with van der Waals surface area (Å²) in [5.41, 5.74) is -0.137. The summed E-state index contributed by atoms with van der Waals surface area (Å²) in [5, 5.41) is 0.278. The molecule has 0 spiro atoms. The molecule has 0 atom stereocenters. The van der Waals surface area contributed by atoms with E-state index >= 15 is 0 Å². The molecular weight excluding hydrogens is 290 g/mol. The summed E-state index contributed by atoms with van der Waals surface area (Å²) in [7, 11) is 0. The lowest BCUT2D eigenvalue weighted by atomic mass is 10.1. The molecular formula is C11H4Cl3F2N. The number of rotatable bonds is 1. The van der Waals surface area contributed by atoms with Crippen molar-refractivity contribution >= 4 is 34.8 Å². The molecule has 0 N–H and O–H groups in total. The van der Waals surface area contributed by atoms with Crippen LogP contribution in [0.3, 0.4) is 0 Å². The number of hydrogen-bond donors (Lipinski definition) is 0. The monoisotopic (exact) mass is 293 g/mol. The Kier molecular flexibility index (Phi) is 3.52. The predicted molar refractivity (Wildman–Crippen MR) is 64.6 cm³/mol. The van der Waals surface area contributed by atoms with Crippen molar-refractivity contribution in [2.75, 3.05) is 0 Å². The fourth-order valence-electron chi connectivity index (χ4n) is 1.39. The van der Waals surface area contributed by atoms with Crippen molar-refractivity contribution in [3.63, 3.8) is 0 Å². The molecule has 0 aliphatic carbocycles. The highest BCUT2D eigenvalue weighted by Crippen LogP contribution is 2.39. The topological polar surface area (TPSA) is 12.9 Å². The minimum atomic E-state index is -0.815. The van der Waals surface area contributed by atoms with Crippen LogP contribution in [0.15, 0.2) is 24.5 Å². The zero-order valence-electron chi connectivity index (χ0n) is 8.15. The highest BCUT2D eigenvalue weighted by molar-refractivity contribution is 6.49. The first-order valence-electron chi connectivity index (χ1n) is 4.45. The van der Waals surface area contributed by atoms with E-state index in [1.165, 1.54) is 12.1 Å². The van der Waals surface area contributed by atoms with E-state index in [0.29, 0.717) is 0 Å². The van der Waals surface area contributed by atoms with Crippen molar-refractivity contribution in [2.24, 2.45) is 0 Å². The highest BCUT2D eigenvalue weighted by atomic mass is 35.5. The second-order valence-electron chi connectivity index (χ2n) is 3.20. The summed E-state index contributed by atoms with van der Waals surface area (Å²) >= 11 is 17.5. The van der Waals surface area contributed by atoms with E-state index in [0.717, 1.165) is 12.4 Å². The second-order valence-corrected chi connectivity index (χ2v) is 4.36. The molecule has 0 bridgehead atoms. The number of halogens is 5. The largest absolute Gasteiger partial charge is 0.259 e. The fraction of sp³-hybridized carbons (Fsp3) is 0. The van der Waals surface area contributed by atoms with Crippen molar-refractivity contribution in [3.05, 3.63) is 51.2 Å². The molecule has 0 saturated carbocycles. The van der Waals surface area contributed by atoms with Gasteiger partial charge in [-0.1, -0.05) is 40.9 Å². The number of aromatic nitrogens is 1. The average Bonchev–Trinajstić information content (AvgIpc) is 2.29. The van der Waals surface area contributed by atoms with Crippen LogP contribution in [0, 0.1) is 11.6 Å². The SMILES string of the molecule is Fc1cncc(F)c1-c1ccc(Cl)c(Cl)c1Cl. The van der Waals surface area contributed by atoms with Gasteiger partial charge in [0.2, 0.25) is 0 Å². The Morgan fingerprint density at radius 2 is 1.47 bits per heavy atom. The minimum Gasteiger partial charge on any atom is -0.259 e. The number of nitrogens with zero attached hydrogens (tertiary/aromatic N) is 1. The summed E-state index contributed by atoms with van der Waals surface area (Å²) in [6.45, 7) is 0. The van der Waals surface area contributed by atoms with Crippen molar-refractivity contribution in [2.45, 2.75) is 0 Å². The molecule has 1 aromatic heterocycles. The van der Waals surface area contributed by atoms with Crippen LogP contribution in [0.5, 0.6) is 0 Å². The maximum absolute atomic E-state index is 13.5. The molecule has 1 aromatic carbocycles. The van der Waals surface area contributed by atoms with Gasteiger partial charge in [-0.2, -0.15) is 0 Å². The van der Waals surface area contributed by atoms with Crippen molar-refractivity contribution in [1.82, 2.24) is 4.98 Å². The van der Waals surface area contributed by atoms with Crippen molar-refractivity contribution in [1.29, 1.82) is 0 Å². The Hall–Kier alpha value is -0.900. The van der Waals surface area contributed by atoms with Crippen LogP contribution in [0.1, 0.15) is 0 Å². The molecule has 0 aliphatic heterocycles. The normalized spacial score (nSPS) is 10.6. The van der Waals surface area contributed by atoms with E-state index in [1.807, 2.05) is 0 Å². The molecule has 0 radical (unpaired) electrons. The summed E-state index contributed by atoms with van der Waals surface area (Å²) in [6.07, 6.45) is 1.80. The van der Waals surface area contributed by atoms with Crippen LogP contribution in [0.2, 0.25) is 15.1 Å². The van der Waals surface area contributed by atoms with Gasteiger partial charge in [0.15, 0.2) is 11.6 Å². The molecule has 17 heavy (non-hydrogen) atoms. The maximum atomic E-state index is 13.5. The lowest BCUT2D eigenvalue weighted by molar-refractivity contribution is 0.579. The Labute approximate surface area is 111 Å². The third-order valence-corrected chi connectivity index (χ3v) is 3.45. The molecule has 0 saturated heterocycles. The average molecular weight is 295 g/mol. The van der Waals surface area contributed by atoms with Gasteiger partial charge >= 0.3 is 0 Å². The van der Waals surface area contributed by atoms with Gasteiger partial charge in [0, 0.05) is 5.56 Å². The smallest absolute Gasteiger partial charge is 0.152 e. The van der Waals surface area contributed by atoms with Gasteiger partial charge in [0.25, 0.3) is 0 Å². The Balaban J connectivity index is 2.74. The Morgan fingerprint density at radius 1 is 0.882 bits per heavy atom. The van der Waals surface area contributed by atoms with Gasteiger partial charge in [-0.3, -0.25) is 4.98 Å². The standard InChI is InChI=1S/C11H4Cl3F2N/c12-6-2-1-5(10(13)11(6)14)9-7(15)3-17-4-8(9)16/h1-4H. The van der Waals surface area contributed by atoms with E-state index in [1.54, 1.807) is 0 Å². The van der Waals surface area contributed by atoms with Gasteiger partial charge in [-0.25, -0.2) is 8.78 Å². The van der Waals surface area contributed by atoms with Gasteiger partial charge < -0.3 is 0 Å². The number of pyridine rings is 1. The minimum absolute atomic E-state index is 0.00293. The molecule has 0 aliphatic rings. The first-order valence-corrected chi connectivity index (χ1v) is 5.58. The lowest BCUT2D eigenvalue weighted by Crippen LogP contribution is -1.93. The van der Waals surface area contributed by atoms with E-state index in [2.05, 4.69) is 4.98 Å². The molecule has 1 nitrogen and oxygen atoms in total. The molecule has 0 unspecified atom stereocenters. The predicted octanol–water partition coefficient (Wildman–Crippen LogP) is 4.99. The summed E-state index contributed by atoms with van der Waals surface area (Å²) in [6, 6.07) is 2.82. The molecule has 0 amide bonds. The molecule has 2 rings (SSSR count). The van der Waals surface area contributed by atoms with Crippen LogP contribution < -0.4 is 0 Å². The third-order valence-electron chi connectivity index (χ3n) is 2.16. The van der Waals surface area contributed by atoms with Crippen LogP contribution >= 0.6 is 34.8 Å². The zero-order valence-corrected chi connectivity index (χ0v) is 10.4. The van der Waals surface area contributed by atoms with Gasteiger partial charge in [-0.15, -0.1) is 0 Å². The van der Waals surface area contributed by atoms with Crippen LogP contribution in [0.25, 0.3) is 11.1 Å². The number of benzene rings is 1. The Bertz CT molecular complexity index is 567. The first kappa shape index (κ1) is 12.6.